The van der Waals surface area contributed by atoms with Gasteiger partial charge in [0.15, 0.2) is 11.6 Å². The molecule has 0 bridgehead atoms. The van der Waals surface area contributed by atoms with E-state index < -0.39 is 26.4 Å². The Morgan fingerprint density at radius 2 is 1.95 bits per heavy atom. The summed E-state index contributed by atoms with van der Waals surface area (Å²) in [5, 5.41) is 20.2. The minimum Gasteiger partial charge on any atom is -0.504 e. The fraction of sp³-hybridized carbons (Fsp3) is 0.154. The molecule has 116 valence electrons. The third-order valence-corrected chi connectivity index (χ3v) is 4.29. The van der Waals surface area contributed by atoms with Crippen LogP contribution in [0.5, 0.6) is 5.75 Å². The number of nitro groups is 1. The van der Waals surface area contributed by atoms with E-state index in [-0.39, 0.29) is 10.7 Å². The van der Waals surface area contributed by atoms with Crippen LogP contribution in [0.4, 0.5) is 11.5 Å². The van der Waals surface area contributed by atoms with E-state index in [4.69, 9.17) is 0 Å². The molecule has 2 aromatic rings. The summed E-state index contributed by atoms with van der Waals surface area (Å²) < 4.78 is 26.4. The molecule has 1 aromatic heterocycles. The van der Waals surface area contributed by atoms with E-state index >= 15 is 0 Å². The highest BCUT2D eigenvalue weighted by Gasteiger charge is 2.19. The number of rotatable bonds is 5. The lowest BCUT2D eigenvalue weighted by molar-refractivity contribution is -0.385. The van der Waals surface area contributed by atoms with Gasteiger partial charge in [-0.15, -0.1) is 0 Å². The summed E-state index contributed by atoms with van der Waals surface area (Å²) in [6, 6.07) is 7.05. The van der Waals surface area contributed by atoms with E-state index in [1.165, 1.54) is 12.1 Å². The Labute approximate surface area is 126 Å². The van der Waals surface area contributed by atoms with Gasteiger partial charge in [0.25, 0.3) is 15.7 Å². The average Bonchev–Trinajstić information content (AvgIpc) is 2.49. The Balaban J connectivity index is 2.30. The lowest BCUT2D eigenvalue weighted by atomic mass is 10.2. The third-order valence-electron chi connectivity index (χ3n) is 2.94. The number of nitrogens with zero attached hydrogens (tertiary/aromatic N) is 2. The van der Waals surface area contributed by atoms with E-state index in [1.807, 2.05) is 6.92 Å². The zero-order valence-electron chi connectivity index (χ0n) is 11.6. The third kappa shape index (κ3) is 3.31. The predicted octanol–water partition coefficient (Wildman–Crippen LogP) is 2.06. The summed E-state index contributed by atoms with van der Waals surface area (Å²) in [5.74, 6) is -0.992. The van der Waals surface area contributed by atoms with Gasteiger partial charge in [0, 0.05) is 0 Å². The maximum Gasteiger partial charge on any atom is 0.291 e. The topological polar surface area (TPSA) is 122 Å². The molecule has 0 amide bonds. The number of aryl methyl sites for hydroxylation is 1. The van der Waals surface area contributed by atoms with Gasteiger partial charge in [-0.05, 0) is 24.1 Å². The number of hydrogen-bond acceptors (Lipinski definition) is 6. The molecule has 0 saturated carbocycles. The zero-order chi connectivity index (χ0) is 16.3. The molecule has 0 atom stereocenters. The van der Waals surface area contributed by atoms with Crippen molar-refractivity contribution < 1.29 is 18.4 Å². The van der Waals surface area contributed by atoms with Gasteiger partial charge in [-0.25, -0.2) is 13.4 Å². The molecule has 2 rings (SSSR count). The van der Waals surface area contributed by atoms with E-state index in [1.54, 1.807) is 12.1 Å². The lowest BCUT2D eigenvalue weighted by Gasteiger charge is -2.09. The van der Waals surface area contributed by atoms with Crippen LogP contribution < -0.4 is 4.72 Å². The van der Waals surface area contributed by atoms with Crippen LogP contribution in [0.3, 0.4) is 0 Å². The molecular weight excluding hydrogens is 310 g/mol. The second-order valence-corrected chi connectivity index (χ2v) is 6.10. The Bertz CT molecular complexity index is 803. The molecule has 9 heteroatoms. The van der Waals surface area contributed by atoms with Gasteiger partial charge in [0.1, 0.15) is 6.20 Å². The summed E-state index contributed by atoms with van der Waals surface area (Å²) in [5.41, 5.74) is 0.544. The Kier molecular flexibility index (Phi) is 4.27. The van der Waals surface area contributed by atoms with Crippen molar-refractivity contribution in [1.82, 2.24) is 4.98 Å². The first-order valence-electron chi connectivity index (χ1n) is 6.28. The van der Waals surface area contributed by atoms with E-state index in [0.29, 0.717) is 0 Å². The fourth-order valence-corrected chi connectivity index (χ4v) is 2.74. The van der Waals surface area contributed by atoms with Crippen LogP contribution in [0.2, 0.25) is 0 Å². The maximum atomic E-state index is 12.2. The fourth-order valence-electron chi connectivity index (χ4n) is 1.71. The molecular formula is C13H13N3O5S. The molecule has 0 fully saturated rings. The van der Waals surface area contributed by atoms with Crippen molar-refractivity contribution >= 4 is 21.5 Å². The Hall–Kier alpha value is -2.68. The molecule has 22 heavy (non-hydrogen) atoms. The minimum atomic E-state index is -3.94. The molecule has 0 saturated heterocycles. The van der Waals surface area contributed by atoms with Gasteiger partial charge in [0.05, 0.1) is 15.9 Å². The molecule has 1 heterocycles. The summed E-state index contributed by atoms with van der Waals surface area (Å²) in [7, 11) is -3.94. The zero-order valence-corrected chi connectivity index (χ0v) is 12.4. The highest BCUT2D eigenvalue weighted by atomic mass is 32.2. The van der Waals surface area contributed by atoms with Crippen molar-refractivity contribution in [2.24, 2.45) is 0 Å². The minimum absolute atomic E-state index is 0.00394. The average molecular weight is 323 g/mol. The Morgan fingerprint density at radius 1 is 1.32 bits per heavy atom. The second-order valence-electron chi connectivity index (χ2n) is 4.42. The second kappa shape index (κ2) is 5.98. The normalized spacial score (nSPS) is 11.1. The van der Waals surface area contributed by atoms with Crippen LogP contribution >= 0.6 is 0 Å². The van der Waals surface area contributed by atoms with Gasteiger partial charge < -0.3 is 5.11 Å². The van der Waals surface area contributed by atoms with Crippen LogP contribution in [0.25, 0.3) is 0 Å². The smallest absolute Gasteiger partial charge is 0.291 e. The van der Waals surface area contributed by atoms with E-state index in [9.17, 15) is 23.6 Å². The van der Waals surface area contributed by atoms with Gasteiger partial charge in [-0.2, -0.15) is 0 Å². The lowest BCUT2D eigenvalue weighted by Crippen LogP contribution is -2.14. The molecule has 1 aromatic carbocycles. The predicted molar refractivity (Wildman–Crippen MR) is 79.2 cm³/mol. The standard InChI is InChI=1S/C13H13N3O5S/c1-2-9-3-5-11(6-4-9)22(20,21)15-13-12(17)7-10(8-14-13)16(18)19/h3-8,17H,2H2,1H3,(H,14,15). The number of hydrogen-bond donors (Lipinski definition) is 2. The monoisotopic (exact) mass is 323 g/mol. The van der Waals surface area contributed by atoms with Crippen LogP contribution in [-0.2, 0) is 16.4 Å². The van der Waals surface area contributed by atoms with Gasteiger partial charge in [0.2, 0.25) is 0 Å². The van der Waals surface area contributed by atoms with Crippen LogP contribution in [0.1, 0.15) is 12.5 Å². The SMILES string of the molecule is CCc1ccc(S(=O)(=O)Nc2ncc([N+](=O)[O-])cc2O)cc1. The molecule has 0 aliphatic heterocycles. The molecule has 0 unspecified atom stereocenters. The number of anilines is 1. The number of benzene rings is 1. The van der Waals surface area contributed by atoms with Crippen molar-refractivity contribution in [2.75, 3.05) is 4.72 Å². The van der Waals surface area contributed by atoms with Crippen molar-refractivity contribution in [1.29, 1.82) is 0 Å². The first-order valence-corrected chi connectivity index (χ1v) is 7.77. The first kappa shape index (κ1) is 15.7. The van der Waals surface area contributed by atoms with Crippen LogP contribution in [-0.4, -0.2) is 23.4 Å². The number of pyridine rings is 1. The summed E-state index contributed by atoms with van der Waals surface area (Å²) >= 11 is 0. The molecule has 0 radical (unpaired) electrons. The van der Waals surface area contributed by atoms with Crippen molar-refractivity contribution in [3.05, 3.63) is 52.2 Å². The molecule has 8 nitrogen and oxygen atoms in total. The van der Waals surface area contributed by atoms with Crippen molar-refractivity contribution in [3.8, 4) is 5.75 Å². The first-order chi connectivity index (χ1) is 10.3. The van der Waals surface area contributed by atoms with Gasteiger partial charge in [-0.1, -0.05) is 19.1 Å². The summed E-state index contributed by atoms with van der Waals surface area (Å²) in [6.07, 6.45) is 1.64. The highest BCUT2D eigenvalue weighted by Crippen LogP contribution is 2.27. The number of nitrogens with one attached hydrogen (secondary N) is 1. The van der Waals surface area contributed by atoms with Crippen molar-refractivity contribution in [3.63, 3.8) is 0 Å². The molecule has 0 aliphatic carbocycles. The van der Waals surface area contributed by atoms with Crippen LogP contribution in [0.15, 0.2) is 41.4 Å². The molecule has 2 N–H and O–H groups in total. The van der Waals surface area contributed by atoms with Gasteiger partial charge in [-0.3, -0.25) is 14.8 Å². The van der Waals surface area contributed by atoms with Crippen LogP contribution in [0, 0.1) is 10.1 Å². The molecule has 0 aliphatic rings. The summed E-state index contributed by atoms with van der Waals surface area (Å²) in [4.78, 5) is 13.4. The molecule has 0 spiro atoms. The Morgan fingerprint density at radius 3 is 2.45 bits per heavy atom. The quantitative estimate of drug-likeness (QED) is 0.641. The summed E-state index contributed by atoms with van der Waals surface area (Å²) in [6.45, 7) is 1.95. The van der Waals surface area contributed by atoms with Gasteiger partial charge >= 0.3 is 0 Å². The van der Waals surface area contributed by atoms with E-state index in [2.05, 4.69) is 9.71 Å². The maximum absolute atomic E-state index is 12.2. The number of aromatic nitrogens is 1. The number of sulfonamides is 1. The van der Waals surface area contributed by atoms with E-state index in [0.717, 1.165) is 24.2 Å². The number of aromatic hydroxyl groups is 1. The highest BCUT2D eigenvalue weighted by molar-refractivity contribution is 7.92. The van der Waals surface area contributed by atoms with Crippen molar-refractivity contribution in [2.45, 2.75) is 18.2 Å². The largest absolute Gasteiger partial charge is 0.504 e.